The average Bonchev–Trinajstić information content (AvgIpc) is 2.82. The van der Waals surface area contributed by atoms with Crippen molar-refractivity contribution < 1.29 is 23.8 Å². The molecule has 0 aromatic heterocycles. The highest BCUT2D eigenvalue weighted by atomic mass is 16.6. The minimum Gasteiger partial charge on any atom is -0.497 e. The summed E-state index contributed by atoms with van der Waals surface area (Å²) in [6.07, 6.45) is 3.83. The number of esters is 2. The van der Waals surface area contributed by atoms with E-state index in [0.29, 0.717) is 17.9 Å². The molecule has 0 aliphatic carbocycles. The Hall–Kier alpha value is -3.86. The van der Waals surface area contributed by atoms with E-state index in [9.17, 15) is 9.59 Å². The van der Waals surface area contributed by atoms with Crippen LogP contribution >= 0.6 is 0 Å². The van der Waals surface area contributed by atoms with Gasteiger partial charge in [0.2, 0.25) is 0 Å². The van der Waals surface area contributed by atoms with Crippen LogP contribution in [0.25, 0.3) is 6.08 Å². The van der Waals surface area contributed by atoms with Crippen LogP contribution in [-0.2, 0) is 20.7 Å². The summed E-state index contributed by atoms with van der Waals surface area (Å²) >= 11 is 0. The van der Waals surface area contributed by atoms with Crippen LogP contribution in [0.3, 0.4) is 0 Å². The van der Waals surface area contributed by atoms with E-state index in [2.05, 4.69) is 0 Å². The van der Waals surface area contributed by atoms with Gasteiger partial charge in [0.1, 0.15) is 17.1 Å². The fourth-order valence-electron chi connectivity index (χ4n) is 4.33. The molecule has 0 saturated heterocycles. The van der Waals surface area contributed by atoms with Crippen molar-refractivity contribution in [3.8, 4) is 11.5 Å². The number of ether oxygens (including phenoxy) is 3. The van der Waals surface area contributed by atoms with Gasteiger partial charge in [0.25, 0.3) is 0 Å². The molecule has 2 atom stereocenters. The van der Waals surface area contributed by atoms with Crippen molar-refractivity contribution in [3.05, 3.63) is 101 Å². The van der Waals surface area contributed by atoms with E-state index < -0.39 is 11.5 Å². The van der Waals surface area contributed by atoms with Gasteiger partial charge in [0.05, 0.1) is 13.0 Å². The normalized spacial score (nSPS) is 17.5. The number of hydrogen-bond donors (Lipinski definition) is 0. The summed E-state index contributed by atoms with van der Waals surface area (Å²) in [6.45, 7) is 5.52. The molecular weight excluding hydrogens is 440 g/mol. The van der Waals surface area contributed by atoms with E-state index in [-0.39, 0.29) is 17.9 Å². The van der Waals surface area contributed by atoms with Crippen molar-refractivity contribution in [3.63, 3.8) is 0 Å². The number of methoxy groups -OCH3 is 1. The first-order chi connectivity index (χ1) is 16.7. The Kier molecular flexibility index (Phi) is 7.06. The van der Waals surface area contributed by atoms with E-state index in [0.717, 1.165) is 22.3 Å². The number of carbonyl (C=O) groups excluding carboxylic acids is 2. The number of benzene rings is 3. The SMILES string of the molecule is COc1ccc2c(c1)OC(=O)C(c1ccccc1)C2Cc1ccc(/C=C/C(=O)OC(C)(C)C)cc1. The summed E-state index contributed by atoms with van der Waals surface area (Å²) in [5.41, 5.74) is 3.37. The first kappa shape index (κ1) is 24.3. The summed E-state index contributed by atoms with van der Waals surface area (Å²) in [7, 11) is 1.59. The maximum atomic E-state index is 13.1. The molecule has 35 heavy (non-hydrogen) atoms. The molecule has 0 N–H and O–H groups in total. The van der Waals surface area contributed by atoms with Crippen LogP contribution in [0.5, 0.6) is 11.5 Å². The largest absolute Gasteiger partial charge is 0.497 e. The molecule has 3 aromatic rings. The molecule has 1 aliphatic rings. The Morgan fingerprint density at radius 1 is 1.00 bits per heavy atom. The third kappa shape index (κ3) is 5.99. The van der Waals surface area contributed by atoms with Gasteiger partial charge in [-0.25, -0.2) is 4.79 Å². The molecule has 5 heteroatoms. The van der Waals surface area contributed by atoms with Crippen molar-refractivity contribution in [1.82, 2.24) is 0 Å². The van der Waals surface area contributed by atoms with Crippen LogP contribution in [0.15, 0.2) is 78.9 Å². The van der Waals surface area contributed by atoms with Gasteiger partial charge in [-0.3, -0.25) is 4.79 Å². The number of rotatable bonds is 6. The molecule has 0 spiro atoms. The van der Waals surface area contributed by atoms with Gasteiger partial charge < -0.3 is 14.2 Å². The number of fused-ring (bicyclic) bond motifs is 1. The van der Waals surface area contributed by atoms with E-state index >= 15 is 0 Å². The quantitative estimate of drug-likeness (QED) is 0.248. The van der Waals surface area contributed by atoms with Crippen LogP contribution in [0.4, 0.5) is 0 Å². The lowest BCUT2D eigenvalue weighted by molar-refractivity contribution is -0.148. The maximum absolute atomic E-state index is 13.1. The third-order valence-corrected chi connectivity index (χ3v) is 5.90. The second-order valence-corrected chi connectivity index (χ2v) is 9.63. The van der Waals surface area contributed by atoms with Gasteiger partial charge in [-0.1, -0.05) is 60.7 Å². The van der Waals surface area contributed by atoms with E-state index in [1.165, 1.54) is 6.08 Å². The Morgan fingerprint density at radius 2 is 1.71 bits per heavy atom. The topological polar surface area (TPSA) is 61.8 Å². The lowest BCUT2D eigenvalue weighted by Crippen LogP contribution is -2.31. The number of carbonyl (C=O) groups is 2. The second kappa shape index (κ2) is 10.2. The van der Waals surface area contributed by atoms with Crippen molar-refractivity contribution >= 4 is 18.0 Å². The van der Waals surface area contributed by atoms with Gasteiger partial charge in [-0.2, -0.15) is 0 Å². The molecule has 0 amide bonds. The predicted octanol–water partition coefficient (Wildman–Crippen LogP) is 6.08. The van der Waals surface area contributed by atoms with Crippen molar-refractivity contribution in [1.29, 1.82) is 0 Å². The molecule has 4 rings (SSSR count). The molecule has 3 aromatic carbocycles. The molecule has 2 unspecified atom stereocenters. The Labute approximate surface area is 206 Å². The smallest absolute Gasteiger partial charge is 0.331 e. The van der Waals surface area contributed by atoms with Crippen LogP contribution in [0, 0.1) is 0 Å². The fourth-order valence-corrected chi connectivity index (χ4v) is 4.33. The Balaban J connectivity index is 1.60. The van der Waals surface area contributed by atoms with Crippen LogP contribution in [-0.4, -0.2) is 24.6 Å². The highest BCUT2D eigenvalue weighted by Gasteiger charge is 2.39. The van der Waals surface area contributed by atoms with Gasteiger partial charge in [0, 0.05) is 18.1 Å². The summed E-state index contributed by atoms with van der Waals surface area (Å²) in [6, 6.07) is 23.4. The molecule has 0 saturated carbocycles. The van der Waals surface area contributed by atoms with E-state index in [4.69, 9.17) is 14.2 Å². The minimum absolute atomic E-state index is 0.0947. The van der Waals surface area contributed by atoms with E-state index in [1.807, 2.05) is 87.5 Å². The van der Waals surface area contributed by atoms with Crippen LogP contribution in [0.1, 0.15) is 54.9 Å². The zero-order valence-electron chi connectivity index (χ0n) is 20.5. The molecule has 5 nitrogen and oxygen atoms in total. The van der Waals surface area contributed by atoms with Gasteiger partial charge >= 0.3 is 11.9 Å². The molecular formula is C30H30O5. The minimum atomic E-state index is -0.526. The molecule has 0 radical (unpaired) electrons. The van der Waals surface area contributed by atoms with Gasteiger partial charge in [0.15, 0.2) is 0 Å². The lowest BCUT2D eigenvalue weighted by Gasteiger charge is -2.32. The summed E-state index contributed by atoms with van der Waals surface area (Å²) in [5, 5.41) is 0. The average molecular weight is 471 g/mol. The summed E-state index contributed by atoms with van der Waals surface area (Å²) < 4.78 is 16.4. The van der Waals surface area contributed by atoms with E-state index in [1.54, 1.807) is 19.3 Å². The third-order valence-electron chi connectivity index (χ3n) is 5.90. The second-order valence-electron chi connectivity index (χ2n) is 9.63. The zero-order valence-corrected chi connectivity index (χ0v) is 20.5. The first-order valence-corrected chi connectivity index (χ1v) is 11.7. The lowest BCUT2D eigenvalue weighted by atomic mass is 9.76. The van der Waals surface area contributed by atoms with Gasteiger partial charge in [-0.15, -0.1) is 0 Å². The summed E-state index contributed by atoms with van der Waals surface area (Å²) in [5.74, 6) is 0.0449. The van der Waals surface area contributed by atoms with Gasteiger partial charge in [-0.05, 0) is 61.6 Å². The molecule has 1 aliphatic heterocycles. The van der Waals surface area contributed by atoms with Crippen LogP contribution in [0.2, 0.25) is 0 Å². The van der Waals surface area contributed by atoms with Crippen LogP contribution < -0.4 is 9.47 Å². The highest BCUT2D eigenvalue weighted by Crippen LogP contribution is 2.45. The zero-order chi connectivity index (χ0) is 25.0. The van der Waals surface area contributed by atoms with Crippen molar-refractivity contribution in [2.75, 3.05) is 7.11 Å². The van der Waals surface area contributed by atoms with Crippen molar-refractivity contribution in [2.45, 2.75) is 44.6 Å². The number of hydrogen-bond acceptors (Lipinski definition) is 5. The maximum Gasteiger partial charge on any atom is 0.331 e. The van der Waals surface area contributed by atoms with Crippen molar-refractivity contribution in [2.24, 2.45) is 0 Å². The standard InChI is InChI=1S/C30H30O5/c1-30(2,3)35-27(31)17-14-20-10-12-21(13-11-20)18-25-24-16-15-23(33-4)19-26(24)34-29(32)28(25)22-8-6-5-7-9-22/h5-17,19,25,28H,18H2,1-4H3/b17-14+. The molecule has 0 fully saturated rings. The molecule has 0 bridgehead atoms. The first-order valence-electron chi connectivity index (χ1n) is 11.7. The Bertz CT molecular complexity index is 1220. The highest BCUT2D eigenvalue weighted by molar-refractivity contribution is 5.87. The summed E-state index contributed by atoms with van der Waals surface area (Å²) in [4.78, 5) is 25.1. The molecule has 180 valence electrons. The fraction of sp³-hybridized carbons (Fsp3) is 0.267. The predicted molar refractivity (Wildman–Crippen MR) is 136 cm³/mol. The monoisotopic (exact) mass is 470 g/mol. The Morgan fingerprint density at radius 3 is 2.37 bits per heavy atom. The molecule has 1 heterocycles.